The highest BCUT2D eigenvalue weighted by Crippen LogP contribution is 2.32. The van der Waals surface area contributed by atoms with Crippen molar-refractivity contribution in [1.82, 2.24) is 5.43 Å². The van der Waals surface area contributed by atoms with Gasteiger partial charge in [0, 0.05) is 26.4 Å². The minimum Gasteiger partial charge on any atom is -0.271 e. The predicted molar refractivity (Wildman–Crippen MR) is 77.2 cm³/mol. The Hall–Kier alpha value is -0.460. The lowest BCUT2D eigenvalue weighted by Gasteiger charge is -2.18. The molecule has 0 aliphatic carbocycles. The first kappa shape index (κ1) is 14.0. The van der Waals surface area contributed by atoms with Crippen molar-refractivity contribution < 1.29 is 4.39 Å². The molecule has 2 nitrogen and oxygen atoms in total. The van der Waals surface area contributed by atoms with Crippen LogP contribution in [-0.2, 0) is 6.42 Å². The van der Waals surface area contributed by atoms with Crippen molar-refractivity contribution in [3.05, 3.63) is 55.4 Å². The molecular formula is C12H11BrClFN2S. The van der Waals surface area contributed by atoms with Gasteiger partial charge in [0.25, 0.3) is 0 Å². The Morgan fingerprint density at radius 2 is 2.22 bits per heavy atom. The van der Waals surface area contributed by atoms with Gasteiger partial charge in [-0.05, 0) is 39.5 Å². The van der Waals surface area contributed by atoms with Crippen LogP contribution < -0.4 is 11.3 Å². The summed E-state index contributed by atoms with van der Waals surface area (Å²) in [6.45, 7) is 0. The number of nitrogens with one attached hydrogen (secondary N) is 1. The van der Waals surface area contributed by atoms with Crippen molar-refractivity contribution in [2.45, 2.75) is 12.5 Å². The topological polar surface area (TPSA) is 38.0 Å². The lowest BCUT2D eigenvalue weighted by Crippen LogP contribution is -2.30. The van der Waals surface area contributed by atoms with Crippen molar-refractivity contribution in [2.24, 2.45) is 5.84 Å². The van der Waals surface area contributed by atoms with Crippen LogP contribution in [0.3, 0.4) is 0 Å². The molecule has 0 fully saturated rings. The average molecular weight is 350 g/mol. The van der Waals surface area contributed by atoms with E-state index < -0.39 is 0 Å². The maximum atomic E-state index is 13.8. The molecule has 0 bridgehead atoms. The van der Waals surface area contributed by atoms with Gasteiger partial charge in [0.1, 0.15) is 5.82 Å². The summed E-state index contributed by atoms with van der Waals surface area (Å²) in [6.07, 6.45) is 0.579. The van der Waals surface area contributed by atoms with Crippen LogP contribution in [-0.4, -0.2) is 0 Å². The zero-order valence-corrected chi connectivity index (χ0v) is 12.4. The summed E-state index contributed by atoms with van der Waals surface area (Å²) < 4.78 is 14.8. The molecule has 1 unspecified atom stereocenters. The van der Waals surface area contributed by atoms with E-state index in [1.165, 1.54) is 6.07 Å². The maximum absolute atomic E-state index is 13.8. The van der Waals surface area contributed by atoms with E-state index in [4.69, 9.17) is 17.4 Å². The zero-order valence-electron chi connectivity index (χ0n) is 9.29. The van der Waals surface area contributed by atoms with E-state index in [1.54, 1.807) is 23.5 Å². The molecule has 0 spiro atoms. The minimum absolute atomic E-state index is 0.349. The third-order valence-corrected chi connectivity index (χ3v) is 4.91. The highest BCUT2D eigenvalue weighted by atomic mass is 79.9. The van der Waals surface area contributed by atoms with Gasteiger partial charge in [0.15, 0.2) is 0 Å². The number of thiophene rings is 1. The molecule has 0 saturated carbocycles. The summed E-state index contributed by atoms with van der Waals surface area (Å²) in [6, 6.07) is 6.23. The van der Waals surface area contributed by atoms with Gasteiger partial charge in [-0.3, -0.25) is 11.3 Å². The molecule has 3 N–H and O–H groups in total. The minimum atomic E-state index is -0.353. The summed E-state index contributed by atoms with van der Waals surface area (Å²) in [5.74, 6) is 5.17. The summed E-state index contributed by atoms with van der Waals surface area (Å²) in [7, 11) is 0. The Kier molecular flexibility index (Phi) is 4.75. The number of hydrogen-bond donors (Lipinski definition) is 2. The van der Waals surface area contributed by atoms with E-state index in [9.17, 15) is 4.39 Å². The summed E-state index contributed by atoms with van der Waals surface area (Å²) in [4.78, 5) is 1.09. The van der Waals surface area contributed by atoms with Gasteiger partial charge in [0.2, 0.25) is 0 Å². The molecule has 0 amide bonds. The Bertz CT molecular complexity index is 526. The first-order valence-electron chi connectivity index (χ1n) is 5.25. The summed E-state index contributed by atoms with van der Waals surface area (Å²) >= 11 is 11.1. The molecule has 1 atom stereocenters. The third kappa shape index (κ3) is 2.92. The van der Waals surface area contributed by atoms with Crippen LogP contribution in [0.5, 0.6) is 0 Å². The van der Waals surface area contributed by atoms with Crippen LogP contribution in [0, 0.1) is 5.82 Å². The quantitative estimate of drug-likeness (QED) is 0.645. The number of nitrogens with two attached hydrogens (primary N) is 1. The molecule has 2 rings (SSSR count). The SMILES string of the molecule is NNC(Cc1sccc1Br)c1c(F)cccc1Cl. The van der Waals surface area contributed by atoms with E-state index in [2.05, 4.69) is 21.4 Å². The van der Waals surface area contributed by atoms with Crippen LogP contribution >= 0.6 is 38.9 Å². The van der Waals surface area contributed by atoms with Gasteiger partial charge < -0.3 is 0 Å². The molecule has 6 heteroatoms. The number of rotatable bonds is 4. The molecule has 1 aromatic carbocycles. The Morgan fingerprint density at radius 3 is 2.78 bits per heavy atom. The molecule has 0 aliphatic rings. The first-order chi connectivity index (χ1) is 8.63. The molecule has 1 aromatic heterocycles. The molecule has 0 saturated heterocycles. The van der Waals surface area contributed by atoms with Crippen LogP contribution in [0.15, 0.2) is 34.1 Å². The van der Waals surface area contributed by atoms with Crippen LogP contribution in [0.4, 0.5) is 4.39 Å². The highest BCUT2D eigenvalue weighted by Gasteiger charge is 2.19. The summed E-state index contributed by atoms with van der Waals surface area (Å²) in [5.41, 5.74) is 3.03. The zero-order chi connectivity index (χ0) is 13.1. The Morgan fingerprint density at radius 1 is 1.44 bits per heavy atom. The maximum Gasteiger partial charge on any atom is 0.129 e. The normalized spacial score (nSPS) is 12.7. The number of halogens is 3. The van der Waals surface area contributed by atoms with Crippen molar-refractivity contribution in [3.8, 4) is 0 Å². The molecular weight excluding hydrogens is 339 g/mol. The van der Waals surface area contributed by atoms with Crippen LogP contribution in [0.1, 0.15) is 16.5 Å². The van der Waals surface area contributed by atoms with Crippen molar-refractivity contribution in [3.63, 3.8) is 0 Å². The molecule has 18 heavy (non-hydrogen) atoms. The van der Waals surface area contributed by atoms with E-state index >= 15 is 0 Å². The van der Waals surface area contributed by atoms with Crippen LogP contribution in [0.25, 0.3) is 0 Å². The lowest BCUT2D eigenvalue weighted by molar-refractivity contribution is 0.513. The highest BCUT2D eigenvalue weighted by molar-refractivity contribution is 9.10. The van der Waals surface area contributed by atoms with Gasteiger partial charge in [-0.25, -0.2) is 4.39 Å². The van der Waals surface area contributed by atoms with E-state index in [0.717, 1.165) is 9.35 Å². The fraction of sp³-hybridized carbons (Fsp3) is 0.167. The summed E-state index contributed by atoms with van der Waals surface area (Å²) in [5, 5.41) is 2.35. The molecule has 0 aliphatic heterocycles. The first-order valence-corrected chi connectivity index (χ1v) is 7.30. The Balaban J connectivity index is 2.32. The van der Waals surface area contributed by atoms with Gasteiger partial charge in [-0.1, -0.05) is 17.7 Å². The lowest BCUT2D eigenvalue weighted by atomic mass is 10.0. The van der Waals surface area contributed by atoms with Crippen molar-refractivity contribution in [1.29, 1.82) is 0 Å². The number of benzene rings is 1. The van der Waals surface area contributed by atoms with Gasteiger partial charge in [-0.15, -0.1) is 11.3 Å². The van der Waals surface area contributed by atoms with E-state index in [1.807, 2.05) is 11.4 Å². The Labute approximate surface area is 122 Å². The van der Waals surface area contributed by atoms with Gasteiger partial charge in [0.05, 0.1) is 6.04 Å². The second-order valence-corrected chi connectivity index (χ2v) is 6.01. The number of hydrogen-bond acceptors (Lipinski definition) is 3. The van der Waals surface area contributed by atoms with Crippen molar-refractivity contribution >= 4 is 38.9 Å². The monoisotopic (exact) mass is 348 g/mol. The second-order valence-electron chi connectivity index (χ2n) is 3.75. The average Bonchev–Trinajstić information content (AvgIpc) is 2.73. The fourth-order valence-electron chi connectivity index (χ4n) is 1.74. The van der Waals surface area contributed by atoms with Crippen molar-refractivity contribution in [2.75, 3.05) is 0 Å². The van der Waals surface area contributed by atoms with Crippen LogP contribution in [0.2, 0.25) is 5.02 Å². The smallest absolute Gasteiger partial charge is 0.129 e. The van der Waals surface area contributed by atoms with E-state index in [0.29, 0.717) is 17.0 Å². The predicted octanol–water partition coefficient (Wildman–Crippen LogP) is 4.05. The third-order valence-electron chi connectivity index (χ3n) is 2.63. The molecule has 1 heterocycles. The van der Waals surface area contributed by atoms with Gasteiger partial charge in [-0.2, -0.15) is 0 Å². The second kappa shape index (κ2) is 6.12. The molecule has 96 valence electrons. The largest absolute Gasteiger partial charge is 0.271 e. The standard InChI is InChI=1S/C12H11BrClFN2S/c13-7-4-5-18-11(7)6-10(17-16)12-8(14)2-1-3-9(12)15/h1-5,10,17H,6,16H2. The molecule has 2 aromatic rings. The fourth-order valence-corrected chi connectivity index (χ4v) is 3.60. The number of hydrazine groups is 1. The van der Waals surface area contributed by atoms with E-state index in [-0.39, 0.29) is 11.9 Å². The van der Waals surface area contributed by atoms with Gasteiger partial charge >= 0.3 is 0 Å². The molecule has 0 radical (unpaired) electrons.